The molecule has 0 radical (unpaired) electrons. The zero-order chi connectivity index (χ0) is 23.6. The van der Waals surface area contributed by atoms with Gasteiger partial charge < -0.3 is 14.8 Å². The van der Waals surface area contributed by atoms with Crippen molar-refractivity contribution in [2.45, 2.75) is 13.1 Å². The third-order valence-corrected chi connectivity index (χ3v) is 6.57. The number of nitrogens with one attached hydrogen (secondary N) is 1. The molecule has 0 bridgehead atoms. The van der Waals surface area contributed by atoms with Crippen LogP contribution in [0.5, 0.6) is 0 Å². The first-order chi connectivity index (χ1) is 17.2. The van der Waals surface area contributed by atoms with Crippen LogP contribution in [0.25, 0.3) is 22.0 Å². The molecule has 0 saturated carbocycles. The molecule has 5 aromatic rings. The Morgan fingerprint density at radius 1 is 0.886 bits per heavy atom. The molecule has 35 heavy (non-hydrogen) atoms. The van der Waals surface area contributed by atoms with Gasteiger partial charge in [-0.05, 0) is 53.1 Å². The number of anilines is 1. The van der Waals surface area contributed by atoms with E-state index in [4.69, 9.17) is 0 Å². The van der Waals surface area contributed by atoms with Crippen molar-refractivity contribution in [1.29, 1.82) is 0 Å². The minimum atomic E-state index is 0.0356. The first-order valence-electron chi connectivity index (χ1n) is 11.8. The van der Waals surface area contributed by atoms with E-state index in [0.717, 1.165) is 40.0 Å². The number of hydrogen-bond donors (Lipinski definition) is 1. The quantitative estimate of drug-likeness (QED) is 0.397. The van der Waals surface area contributed by atoms with Gasteiger partial charge >= 0.3 is 0 Å². The van der Waals surface area contributed by atoms with Gasteiger partial charge in [0.1, 0.15) is 0 Å². The summed E-state index contributed by atoms with van der Waals surface area (Å²) in [5.41, 5.74) is 7.15. The maximum Gasteiger partial charge on any atom is 0.254 e. The highest BCUT2D eigenvalue weighted by Crippen LogP contribution is 2.32. The number of nitrogens with zero attached hydrogens (tertiary/aromatic N) is 4. The number of fused-ring (bicyclic) bond motifs is 2. The minimum absolute atomic E-state index is 0.0356. The lowest BCUT2D eigenvalue weighted by Crippen LogP contribution is -2.35. The number of hydrogen-bond acceptors (Lipinski definition) is 4. The average molecular weight is 460 g/mol. The summed E-state index contributed by atoms with van der Waals surface area (Å²) in [4.78, 5) is 29.8. The Balaban J connectivity index is 1.36. The van der Waals surface area contributed by atoms with Crippen molar-refractivity contribution >= 4 is 22.5 Å². The predicted octanol–water partition coefficient (Wildman–Crippen LogP) is 5.29. The van der Waals surface area contributed by atoms with E-state index in [1.165, 1.54) is 5.56 Å². The molecule has 0 aliphatic carbocycles. The Kier molecular flexibility index (Phi) is 5.47. The maximum atomic E-state index is 13.7. The highest BCUT2D eigenvalue weighted by Gasteiger charge is 2.25. The van der Waals surface area contributed by atoms with Crippen LogP contribution in [0.2, 0.25) is 0 Å². The van der Waals surface area contributed by atoms with Gasteiger partial charge in [-0.2, -0.15) is 0 Å². The van der Waals surface area contributed by atoms with Crippen molar-refractivity contribution in [3.63, 3.8) is 0 Å². The Hall–Kier alpha value is -4.45. The lowest BCUT2D eigenvalue weighted by molar-refractivity contribution is 0.0751. The summed E-state index contributed by atoms with van der Waals surface area (Å²) in [5.74, 6) is 0.0356. The standard InChI is InChI=1S/C29H25N5O/c35-29(24-8-10-27-23(16-24)7-4-12-31-27)34-14-13-33(19-26-17-30-20-32-26)28-11-9-22(15-25(28)18-34)21-5-2-1-3-6-21/h1-12,15-17,20H,13-14,18-19H2,(H,30,32). The number of amides is 1. The Labute approximate surface area is 203 Å². The van der Waals surface area contributed by atoms with Gasteiger partial charge in [-0.3, -0.25) is 9.78 Å². The van der Waals surface area contributed by atoms with Gasteiger partial charge in [0.15, 0.2) is 0 Å². The Morgan fingerprint density at radius 2 is 1.80 bits per heavy atom. The number of imidazole rings is 1. The van der Waals surface area contributed by atoms with Crippen LogP contribution in [0.1, 0.15) is 21.6 Å². The first kappa shape index (κ1) is 21.1. The molecule has 1 aliphatic rings. The summed E-state index contributed by atoms with van der Waals surface area (Å²) in [6.45, 7) is 2.59. The van der Waals surface area contributed by atoms with E-state index in [9.17, 15) is 4.79 Å². The lowest BCUT2D eigenvalue weighted by Gasteiger charge is -2.24. The van der Waals surface area contributed by atoms with E-state index in [2.05, 4.69) is 62.3 Å². The zero-order valence-electron chi connectivity index (χ0n) is 19.3. The number of carbonyl (C=O) groups excluding carboxylic acids is 1. The van der Waals surface area contributed by atoms with Crippen molar-refractivity contribution in [1.82, 2.24) is 19.9 Å². The predicted molar refractivity (Wildman–Crippen MR) is 138 cm³/mol. The SMILES string of the molecule is O=C(c1ccc2ncccc2c1)N1CCN(Cc2c[nH]cn2)c2ccc(-c3ccccc3)cc2C1. The van der Waals surface area contributed by atoms with Gasteiger partial charge in [0.2, 0.25) is 0 Å². The summed E-state index contributed by atoms with van der Waals surface area (Å²) in [5, 5.41) is 0.972. The van der Waals surface area contributed by atoms with Crippen molar-refractivity contribution in [2.75, 3.05) is 18.0 Å². The lowest BCUT2D eigenvalue weighted by atomic mass is 10.0. The second-order valence-electron chi connectivity index (χ2n) is 8.83. The molecule has 3 heterocycles. The molecule has 6 heteroatoms. The van der Waals surface area contributed by atoms with Crippen molar-refractivity contribution in [3.8, 4) is 11.1 Å². The largest absolute Gasteiger partial charge is 0.364 e. The normalized spacial score (nSPS) is 13.5. The molecular formula is C29H25N5O. The smallest absolute Gasteiger partial charge is 0.254 e. The van der Waals surface area contributed by atoms with Gasteiger partial charge in [0, 0.05) is 48.7 Å². The molecule has 1 N–H and O–H groups in total. The highest BCUT2D eigenvalue weighted by atomic mass is 16.2. The second kappa shape index (κ2) is 9.06. The van der Waals surface area contributed by atoms with Gasteiger partial charge in [0.25, 0.3) is 5.91 Å². The van der Waals surface area contributed by atoms with Crippen LogP contribution in [0.15, 0.2) is 97.6 Å². The van der Waals surface area contributed by atoms with Crippen molar-refractivity contribution in [2.24, 2.45) is 0 Å². The molecule has 2 aromatic heterocycles. The third kappa shape index (κ3) is 4.26. The molecule has 3 aromatic carbocycles. The van der Waals surface area contributed by atoms with E-state index < -0.39 is 0 Å². The minimum Gasteiger partial charge on any atom is -0.364 e. The van der Waals surface area contributed by atoms with Crippen LogP contribution in [0, 0.1) is 0 Å². The number of pyridine rings is 1. The third-order valence-electron chi connectivity index (χ3n) is 6.57. The van der Waals surface area contributed by atoms with Gasteiger partial charge in [-0.25, -0.2) is 4.98 Å². The van der Waals surface area contributed by atoms with Crippen LogP contribution < -0.4 is 4.90 Å². The van der Waals surface area contributed by atoms with E-state index in [1.807, 2.05) is 47.5 Å². The number of benzene rings is 3. The maximum absolute atomic E-state index is 13.7. The van der Waals surface area contributed by atoms with Crippen LogP contribution in [-0.2, 0) is 13.1 Å². The molecule has 172 valence electrons. The molecule has 6 rings (SSSR count). The summed E-state index contributed by atoms with van der Waals surface area (Å²) in [7, 11) is 0. The fourth-order valence-corrected chi connectivity index (χ4v) is 4.78. The Morgan fingerprint density at radius 3 is 2.66 bits per heavy atom. The molecule has 0 saturated heterocycles. The summed E-state index contributed by atoms with van der Waals surface area (Å²) in [6.07, 6.45) is 5.40. The fourth-order valence-electron chi connectivity index (χ4n) is 4.78. The molecule has 0 atom stereocenters. The van der Waals surface area contributed by atoms with E-state index in [1.54, 1.807) is 12.5 Å². The number of aromatic nitrogens is 3. The van der Waals surface area contributed by atoms with E-state index in [0.29, 0.717) is 25.2 Å². The molecule has 0 fully saturated rings. The number of carbonyl (C=O) groups is 1. The molecule has 0 spiro atoms. The second-order valence-corrected chi connectivity index (χ2v) is 8.83. The summed E-state index contributed by atoms with van der Waals surface area (Å²) < 4.78 is 0. The van der Waals surface area contributed by atoms with Crippen molar-refractivity contribution < 1.29 is 4.79 Å². The van der Waals surface area contributed by atoms with Crippen LogP contribution in [0.4, 0.5) is 5.69 Å². The highest BCUT2D eigenvalue weighted by molar-refractivity contribution is 5.98. The van der Waals surface area contributed by atoms with E-state index in [-0.39, 0.29) is 5.91 Å². The fraction of sp³-hybridized carbons (Fsp3) is 0.138. The zero-order valence-corrected chi connectivity index (χ0v) is 19.3. The number of H-pyrrole nitrogens is 1. The summed E-state index contributed by atoms with van der Waals surface area (Å²) in [6, 6.07) is 26.6. The van der Waals surface area contributed by atoms with Crippen LogP contribution in [-0.4, -0.2) is 38.8 Å². The van der Waals surface area contributed by atoms with E-state index >= 15 is 0 Å². The average Bonchev–Trinajstić information content (AvgIpc) is 3.36. The topological polar surface area (TPSA) is 65.1 Å². The van der Waals surface area contributed by atoms with Gasteiger partial charge in [-0.1, -0.05) is 42.5 Å². The molecule has 1 aliphatic heterocycles. The Bertz CT molecular complexity index is 1480. The van der Waals surface area contributed by atoms with Crippen molar-refractivity contribution in [3.05, 3.63) is 114 Å². The first-order valence-corrected chi connectivity index (χ1v) is 11.8. The number of rotatable bonds is 4. The molecular weight excluding hydrogens is 434 g/mol. The molecule has 1 amide bonds. The monoisotopic (exact) mass is 459 g/mol. The molecule has 0 unspecified atom stereocenters. The summed E-state index contributed by atoms with van der Waals surface area (Å²) >= 11 is 0. The van der Waals surface area contributed by atoms with Crippen LogP contribution >= 0.6 is 0 Å². The molecule has 6 nitrogen and oxygen atoms in total. The number of aromatic amines is 1. The van der Waals surface area contributed by atoms with Gasteiger partial charge in [-0.15, -0.1) is 0 Å². The van der Waals surface area contributed by atoms with Crippen LogP contribution in [0.3, 0.4) is 0 Å². The van der Waals surface area contributed by atoms with Gasteiger partial charge in [0.05, 0.1) is 24.1 Å².